The predicted octanol–water partition coefficient (Wildman–Crippen LogP) is 4.33. The van der Waals surface area contributed by atoms with Gasteiger partial charge >= 0.3 is 0 Å². The molecule has 1 aromatic heterocycles. The van der Waals surface area contributed by atoms with Crippen LogP contribution in [0.4, 0.5) is 11.4 Å². The summed E-state index contributed by atoms with van der Waals surface area (Å²) < 4.78 is 18.8. The van der Waals surface area contributed by atoms with Gasteiger partial charge in [-0.2, -0.15) is 10.4 Å². The molecule has 1 atom stereocenters. The highest BCUT2D eigenvalue weighted by Crippen LogP contribution is 2.46. The number of benzene rings is 3. The molecular formula is C29H24N6O6. The van der Waals surface area contributed by atoms with E-state index in [0.29, 0.717) is 28.5 Å². The van der Waals surface area contributed by atoms with Crippen molar-refractivity contribution in [2.45, 2.75) is 12.8 Å². The van der Waals surface area contributed by atoms with Crippen LogP contribution < -0.4 is 25.3 Å². The third-order valence-corrected chi connectivity index (χ3v) is 6.45. The van der Waals surface area contributed by atoms with Crippen LogP contribution in [0.2, 0.25) is 0 Å². The smallest absolute Gasteiger partial charge is 0.271 e. The van der Waals surface area contributed by atoms with Crippen LogP contribution in [0.3, 0.4) is 0 Å². The molecule has 0 saturated heterocycles. The molecule has 3 aromatic carbocycles. The Morgan fingerprint density at radius 3 is 2.66 bits per heavy atom. The van der Waals surface area contributed by atoms with Crippen molar-refractivity contribution in [3.63, 3.8) is 0 Å². The summed E-state index contributed by atoms with van der Waals surface area (Å²) in [6.07, 6.45) is 0. The lowest BCUT2D eigenvalue weighted by atomic mass is 9.84. The van der Waals surface area contributed by atoms with Gasteiger partial charge in [-0.3, -0.25) is 14.9 Å². The van der Waals surface area contributed by atoms with E-state index in [1.807, 2.05) is 37.3 Å². The largest absolute Gasteiger partial charge is 0.493 e. The second-order valence-electron chi connectivity index (χ2n) is 9.03. The second-order valence-corrected chi connectivity index (χ2v) is 9.03. The molecule has 0 fully saturated rings. The quantitative estimate of drug-likeness (QED) is 0.239. The number of hydrogen-bond donors (Lipinski definition) is 2. The van der Waals surface area contributed by atoms with Gasteiger partial charge in [0.1, 0.15) is 11.6 Å². The number of carbonyl (C=O) groups excluding carboxylic acids is 1. The predicted molar refractivity (Wildman–Crippen MR) is 148 cm³/mol. The minimum absolute atomic E-state index is 0.0285. The van der Waals surface area contributed by atoms with E-state index >= 15 is 0 Å². The van der Waals surface area contributed by atoms with Gasteiger partial charge in [-0.15, -0.1) is 0 Å². The van der Waals surface area contributed by atoms with Crippen molar-refractivity contribution in [1.82, 2.24) is 9.78 Å². The first-order valence-electron chi connectivity index (χ1n) is 12.4. The number of amides is 1. The lowest BCUT2D eigenvalue weighted by molar-refractivity contribution is -0.384. The summed E-state index contributed by atoms with van der Waals surface area (Å²) >= 11 is 0. The summed E-state index contributed by atoms with van der Waals surface area (Å²) in [6, 6.07) is 22.3. The van der Waals surface area contributed by atoms with Crippen molar-refractivity contribution in [2.24, 2.45) is 5.73 Å². The summed E-state index contributed by atoms with van der Waals surface area (Å²) in [5.74, 6) is -0.127. The van der Waals surface area contributed by atoms with Crippen LogP contribution >= 0.6 is 0 Å². The lowest BCUT2D eigenvalue weighted by Gasteiger charge is -2.25. The van der Waals surface area contributed by atoms with E-state index in [4.69, 9.17) is 19.9 Å². The van der Waals surface area contributed by atoms with Crippen molar-refractivity contribution >= 4 is 17.3 Å². The number of nitrogens with two attached hydrogens (primary N) is 1. The molecule has 0 unspecified atom stereocenters. The highest BCUT2D eigenvalue weighted by atomic mass is 16.6. The molecule has 0 radical (unpaired) electrons. The maximum atomic E-state index is 12.5. The fraction of sp³-hybridized carbons (Fsp3) is 0.138. The minimum Gasteiger partial charge on any atom is -0.493 e. The van der Waals surface area contributed by atoms with Gasteiger partial charge < -0.3 is 25.3 Å². The summed E-state index contributed by atoms with van der Waals surface area (Å²) in [5, 5.41) is 28.2. The Balaban J connectivity index is 1.42. The zero-order valence-corrected chi connectivity index (χ0v) is 22.0. The molecule has 0 saturated carbocycles. The molecule has 0 bridgehead atoms. The molecule has 3 N–H and O–H groups in total. The lowest BCUT2D eigenvalue weighted by Crippen LogP contribution is -2.22. The first kappa shape index (κ1) is 26.8. The van der Waals surface area contributed by atoms with Gasteiger partial charge in [-0.25, -0.2) is 4.68 Å². The first-order chi connectivity index (χ1) is 19.8. The van der Waals surface area contributed by atoms with Crippen molar-refractivity contribution in [2.75, 3.05) is 19.0 Å². The summed E-state index contributed by atoms with van der Waals surface area (Å²) in [7, 11) is 1.46. The second kappa shape index (κ2) is 11.1. The maximum absolute atomic E-state index is 12.5. The Hall–Kier alpha value is -5.83. The number of non-ortho nitro benzene ring substituents is 1. The van der Waals surface area contributed by atoms with E-state index in [2.05, 4.69) is 16.5 Å². The highest BCUT2D eigenvalue weighted by Gasteiger charge is 2.36. The zero-order valence-electron chi connectivity index (χ0n) is 22.0. The fourth-order valence-corrected chi connectivity index (χ4v) is 4.61. The van der Waals surface area contributed by atoms with Crippen LogP contribution in [0.15, 0.2) is 84.3 Å². The number of hydrogen-bond acceptors (Lipinski definition) is 9. The molecule has 206 valence electrons. The molecule has 12 nitrogen and oxygen atoms in total. The van der Waals surface area contributed by atoms with Gasteiger partial charge in [0, 0.05) is 17.8 Å². The Morgan fingerprint density at radius 1 is 1.17 bits per heavy atom. The van der Waals surface area contributed by atoms with Crippen LogP contribution in [0.25, 0.3) is 5.69 Å². The van der Waals surface area contributed by atoms with Crippen molar-refractivity contribution in [3.8, 4) is 29.1 Å². The van der Waals surface area contributed by atoms with Crippen LogP contribution in [0.1, 0.15) is 22.7 Å². The number of carbonyl (C=O) groups is 1. The number of nitro groups is 1. The number of methoxy groups -OCH3 is 1. The third kappa shape index (κ3) is 5.24. The van der Waals surface area contributed by atoms with Gasteiger partial charge in [0.25, 0.3) is 11.6 Å². The van der Waals surface area contributed by atoms with Crippen LogP contribution in [-0.4, -0.2) is 34.3 Å². The zero-order chi connectivity index (χ0) is 29.1. The summed E-state index contributed by atoms with van der Waals surface area (Å²) in [4.78, 5) is 22.9. The minimum atomic E-state index is -0.596. The van der Waals surface area contributed by atoms with E-state index in [0.717, 1.165) is 5.69 Å². The number of fused-ring (bicyclic) bond motifs is 1. The molecule has 5 rings (SSSR count). The standard InChI is InChI=1S/C29H24N6O6/c1-17-26-27(22(15-30)28(31)41-29(26)34(33-17)20-8-4-3-5-9-20)18-11-12-23(24(13-18)39-2)40-16-25(36)32-19-7-6-10-21(14-19)35(37)38/h3-14,27H,16,31H2,1-2H3,(H,32,36)/t27-/m0/s1. The summed E-state index contributed by atoms with van der Waals surface area (Å²) in [5.41, 5.74) is 9.35. The number of nitro benzene ring substituents is 1. The number of ether oxygens (including phenoxy) is 3. The number of rotatable bonds is 8. The molecule has 1 aliphatic heterocycles. The van der Waals surface area contributed by atoms with Gasteiger partial charge in [0.15, 0.2) is 18.1 Å². The molecule has 41 heavy (non-hydrogen) atoms. The van der Waals surface area contributed by atoms with E-state index in [1.165, 1.54) is 31.4 Å². The number of anilines is 1. The van der Waals surface area contributed by atoms with E-state index in [9.17, 15) is 20.2 Å². The molecular weight excluding hydrogens is 528 g/mol. The van der Waals surface area contributed by atoms with E-state index in [1.54, 1.807) is 22.9 Å². The Labute approximate surface area is 234 Å². The highest BCUT2D eigenvalue weighted by molar-refractivity contribution is 5.92. The van der Waals surface area contributed by atoms with Crippen LogP contribution in [0.5, 0.6) is 17.4 Å². The van der Waals surface area contributed by atoms with Crippen molar-refractivity contribution in [1.29, 1.82) is 5.26 Å². The monoisotopic (exact) mass is 552 g/mol. The SMILES string of the molecule is COc1cc([C@H]2C(C#N)=C(N)Oc3c2c(C)nn3-c2ccccc2)ccc1OCC(=O)Nc1cccc([N+](=O)[O-])c1. The Bertz CT molecular complexity index is 1720. The molecule has 0 aliphatic carbocycles. The third-order valence-electron chi connectivity index (χ3n) is 6.45. The topological polar surface area (TPSA) is 168 Å². The number of nitrogens with zero attached hydrogens (tertiary/aromatic N) is 4. The first-order valence-corrected chi connectivity index (χ1v) is 12.4. The Kier molecular flexibility index (Phi) is 7.25. The normalized spacial score (nSPS) is 13.9. The van der Waals surface area contributed by atoms with Crippen LogP contribution in [0, 0.1) is 28.4 Å². The molecule has 1 amide bonds. The molecule has 1 aliphatic rings. The number of nitriles is 1. The van der Waals surface area contributed by atoms with Crippen molar-refractivity contribution < 1.29 is 23.9 Å². The maximum Gasteiger partial charge on any atom is 0.271 e. The number of allylic oxidation sites excluding steroid dienone is 1. The number of nitrogens with one attached hydrogen (secondary N) is 1. The number of aryl methyl sites for hydroxylation is 1. The van der Waals surface area contributed by atoms with Crippen molar-refractivity contribution in [3.05, 3.63) is 111 Å². The Morgan fingerprint density at radius 2 is 1.95 bits per heavy atom. The number of para-hydroxylation sites is 1. The molecule has 4 aromatic rings. The van der Waals surface area contributed by atoms with Gasteiger partial charge in [0.2, 0.25) is 11.8 Å². The number of aromatic nitrogens is 2. The van der Waals surface area contributed by atoms with Gasteiger partial charge in [-0.1, -0.05) is 30.3 Å². The van der Waals surface area contributed by atoms with Crippen LogP contribution in [-0.2, 0) is 4.79 Å². The average Bonchev–Trinajstić information content (AvgIpc) is 3.31. The molecule has 12 heteroatoms. The average molecular weight is 553 g/mol. The molecule has 2 heterocycles. The fourth-order valence-electron chi connectivity index (χ4n) is 4.61. The van der Waals surface area contributed by atoms with E-state index < -0.39 is 16.7 Å². The summed E-state index contributed by atoms with van der Waals surface area (Å²) in [6.45, 7) is 1.46. The van der Waals surface area contributed by atoms with Gasteiger partial charge in [0.05, 0.1) is 34.9 Å². The van der Waals surface area contributed by atoms with E-state index in [-0.39, 0.29) is 35.2 Å². The van der Waals surface area contributed by atoms with Gasteiger partial charge in [-0.05, 0) is 42.8 Å². The molecule has 0 spiro atoms.